The van der Waals surface area contributed by atoms with E-state index in [2.05, 4.69) is 24.4 Å². The maximum absolute atomic E-state index is 11.7. The number of carbonyl (C=O) groups excluding carboxylic acids is 1. The van der Waals surface area contributed by atoms with Crippen LogP contribution in [0.2, 0.25) is 0 Å². The number of carboxylic acids is 1. The van der Waals surface area contributed by atoms with Crippen molar-refractivity contribution in [3.8, 4) is 0 Å². The number of unbranched alkanes of at least 4 members (excludes halogenated alkanes) is 1. The number of hydrogen-bond acceptors (Lipinski definition) is 3. The second kappa shape index (κ2) is 10.3. The third kappa shape index (κ3) is 8.40. The molecule has 21 heavy (non-hydrogen) atoms. The summed E-state index contributed by atoms with van der Waals surface area (Å²) in [5, 5.41) is 11.3. The first kappa shape index (κ1) is 17.6. The van der Waals surface area contributed by atoms with Gasteiger partial charge in [0.1, 0.15) is 0 Å². The Hall–Kier alpha value is -1.49. The number of carbonyl (C=O) groups is 2. The SMILES string of the molecule is CCCCc1ccc(CC(=O)NCCSCC(=O)O)cc1. The van der Waals surface area contributed by atoms with Crippen molar-refractivity contribution in [3.63, 3.8) is 0 Å². The van der Waals surface area contributed by atoms with Crippen LogP contribution in [0.5, 0.6) is 0 Å². The van der Waals surface area contributed by atoms with Gasteiger partial charge >= 0.3 is 5.97 Å². The van der Waals surface area contributed by atoms with Crippen molar-refractivity contribution in [2.24, 2.45) is 0 Å². The van der Waals surface area contributed by atoms with Crippen molar-refractivity contribution < 1.29 is 14.7 Å². The lowest BCUT2D eigenvalue weighted by Crippen LogP contribution is -2.27. The summed E-state index contributed by atoms with van der Waals surface area (Å²) in [6, 6.07) is 8.18. The highest BCUT2D eigenvalue weighted by Gasteiger charge is 2.03. The Bertz CT molecular complexity index is 445. The molecule has 1 aromatic rings. The van der Waals surface area contributed by atoms with Crippen LogP contribution in [-0.4, -0.2) is 35.0 Å². The van der Waals surface area contributed by atoms with Gasteiger partial charge < -0.3 is 10.4 Å². The van der Waals surface area contributed by atoms with Crippen molar-refractivity contribution in [3.05, 3.63) is 35.4 Å². The summed E-state index contributed by atoms with van der Waals surface area (Å²) in [5.74, 6) is -0.148. The Morgan fingerprint density at radius 1 is 1.19 bits per heavy atom. The first-order valence-corrected chi connectivity index (χ1v) is 8.41. The average molecular weight is 309 g/mol. The van der Waals surface area contributed by atoms with Crippen LogP contribution in [0.3, 0.4) is 0 Å². The van der Waals surface area contributed by atoms with Crippen LogP contribution < -0.4 is 5.32 Å². The van der Waals surface area contributed by atoms with Gasteiger partial charge in [-0.05, 0) is 24.0 Å². The number of rotatable bonds is 10. The number of benzene rings is 1. The molecular formula is C16H23NO3S. The summed E-state index contributed by atoms with van der Waals surface area (Å²) < 4.78 is 0. The van der Waals surface area contributed by atoms with Crippen LogP contribution in [0.25, 0.3) is 0 Å². The zero-order chi connectivity index (χ0) is 15.5. The fourth-order valence-electron chi connectivity index (χ4n) is 1.87. The van der Waals surface area contributed by atoms with Gasteiger partial charge in [-0.1, -0.05) is 37.6 Å². The molecule has 1 aromatic carbocycles. The van der Waals surface area contributed by atoms with Crippen LogP contribution >= 0.6 is 11.8 Å². The molecule has 4 nitrogen and oxygen atoms in total. The Morgan fingerprint density at radius 2 is 1.86 bits per heavy atom. The van der Waals surface area contributed by atoms with Gasteiger partial charge in [-0.3, -0.25) is 9.59 Å². The highest BCUT2D eigenvalue weighted by Crippen LogP contribution is 2.08. The minimum Gasteiger partial charge on any atom is -0.481 e. The van der Waals surface area contributed by atoms with E-state index in [1.54, 1.807) is 0 Å². The highest BCUT2D eigenvalue weighted by molar-refractivity contribution is 7.99. The van der Waals surface area contributed by atoms with Crippen molar-refractivity contribution in [2.75, 3.05) is 18.1 Å². The molecule has 2 N–H and O–H groups in total. The van der Waals surface area contributed by atoms with Crippen molar-refractivity contribution in [1.82, 2.24) is 5.32 Å². The Morgan fingerprint density at radius 3 is 2.48 bits per heavy atom. The summed E-state index contributed by atoms with van der Waals surface area (Å²) in [5.41, 5.74) is 2.32. The molecule has 1 amide bonds. The molecule has 0 aromatic heterocycles. The lowest BCUT2D eigenvalue weighted by atomic mass is 10.0. The lowest BCUT2D eigenvalue weighted by Gasteiger charge is -2.06. The number of carboxylic acid groups (broad SMARTS) is 1. The molecule has 1 rings (SSSR count). The van der Waals surface area contributed by atoms with Crippen LogP contribution in [0, 0.1) is 0 Å². The topological polar surface area (TPSA) is 66.4 Å². The maximum atomic E-state index is 11.7. The molecular weight excluding hydrogens is 286 g/mol. The highest BCUT2D eigenvalue weighted by atomic mass is 32.2. The molecule has 0 saturated carbocycles. The molecule has 116 valence electrons. The molecule has 0 aliphatic carbocycles. The number of thioether (sulfide) groups is 1. The smallest absolute Gasteiger partial charge is 0.313 e. The molecule has 0 bridgehead atoms. The van der Waals surface area contributed by atoms with Gasteiger partial charge in [0, 0.05) is 12.3 Å². The lowest BCUT2D eigenvalue weighted by molar-refractivity contribution is -0.133. The second-order valence-electron chi connectivity index (χ2n) is 4.89. The van der Waals surface area contributed by atoms with Crippen LogP contribution in [0.4, 0.5) is 0 Å². The van der Waals surface area contributed by atoms with E-state index in [4.69, 9.17) is 5.11 Å². The summed E-state index contributed by atoms with van der Waals surface area (Å²) >= 11 is 1.30. The molecule has 0 saturated heterocycles. The molecule has 0 atom stereocenters. The van der Waals surface area contributed by atoms with Gasteiger partial charge in [-0.25, -0.2) is 0 Å². The van der Waals surface area contributed by atoms with Crippen LogP contribution in [-0.2, 0) is 22.4 Å². The number of hydrogen-bond donors (Lipinski definition) is 2. The zero-order valence-corrected chi connectivity index (χ0v) is 13.2. The molecule has 0 heterocycles. The molecule has 0 fully saturated rings. The third-order valence-electron chi connectivity index (χ3n) is 3.00. The quantitative estimate of drug-likeness (QED) is 0.652. The minimum atomic E-state index is -0.825. The number of nitrogens with one attached hydrogen (secondary N) is 1. The van der Waals surface area contributed by atoms with Gasteiger partial charge in [-0.15, -0.1) is 11.8 Å². The monoisotopic (exact) mass is 309 g/mol. The van der Waals surface area contributed by atoms with Crippen molar-refractivity contribution >= 4 is 23.6 Å². The van der Waals surface area contributed by atoms with Crippen LogP contribution in [0.15, 0.2) is 24.3 Å². The van der Waals surface area contributed by atoms with E-state index in [1.165, 1.54) is 30.2 Å². The number of aliphatic carboxylic acids is 1. The summed E-state index contributed by atoms with van der Waals surface area (Å²) in [6.07, 6.45) is 3.83. The van der Waals surface area contributed by atoms with E-state index in [1.807, 2.05) is 12.1 Å². The summed E-state index contributed by atoms with van der Waals surface area (Å²) in [7, 11) is 0. The predicted octanol–water partition coefficient (Wildman–Crippen LogP) is 2.51. The summed E-state index contributed by atoms with van der Waals surface area (Å²) in [4.78, 5) is 22.1. The first-order chi connectivity index (χ1) is 10.1. The summed E-state index contributed by atoms with van der Waals surface area (Å²) in [6.45, 7) is 2.68. The Balaban J connectivity index is 2.23. The maximum Gasteiger partial charge on any atom is 0.313 e. The number of amides is 1. The van der Waals surface area contributed by atoms with E-state index < -0.39 is 5.97 Å². The van der Waals surface area contributed by atoms with Crippen molar-refractivity contribution in [1.29, 1.82) is 0 Å². The fourth-order valence-corrected chi connectivity index (χ4v) is 2.44. The fraction of sp³-hybridized carbons (Fsp3) is 0.500. The molecule has 0 spiro atoms. The predicted molar refractivity (Wildman–Crippen MR) is 86.7 cm³/mol. The van der Waals surface area contributed by atoms with E-state index in [9.17, 15) is 9.59 Å². The molecule has 0 radical (unpaired) electrons. The zero-order valence-electron chi connectivity index (χ0n) is 12.4. The first-order valence-electron chi connectivity index (χ1n) is 7.26. The normalized spacial score (nSPS) is 10.3. The molecule has 0 aliphatic rings. The molecule has 0 aliphatic heterocycles. The van der Waals surface area contributed by atoms with Gasteiger partial charge in [0.2, 0.25) is 5.91 Å². The van der Waals surface area contributed by atoms with Gasteiger partial charge in [-0.2, -0.15) is 0 Å². The van der Waals surface area contributed by atoms with Crippen LogP contribution in [0.1, 0.15) is 30.9 Å². The Kier molecular flexibility index (Phi) is 8.59. The number of aryl methyl sites for hydroxylation is 1. The van der Waals surface area contributed by atoms with E-state index in [0.29, 0.717) is 18.7 Å². The largest absolute Gasteiger partial charge is 0.481 e. The third-order valence-corrected chi connectivity index (χ3v) is 3.94. The van der Waals surface area contributed by atoms with E-state index in [0.717, 1.165) is 12.0 Å². The Labute approximate surface area is 130 Å². The standard InChI is InChI=1S/C16H23NO3S/c1-2-3-4-13-5-7-14(8-6-13)11-15(18)17-9-10-21-12-16(19)20/h5-8H,2-4,9-12H2,1H3,(H,17,18)(H,19,20). The van der Waals surface area contributed by atoms with Crippen molar-refractivity contribution in [2.45, 2.75) is 32.6 Å². The van der Waals surface area contributed by atoms with Gasteiger partial charge in [0.25, 0.3) is 0 Å². The van der Waals surface area contributed by atoms with E-state index >= 15 is 0 Å². The minimum absolute atomic E-state index is 0.0211. The van der Waals surface area contributed by atoms with Gasteiger partial charge in [0.05, 0.1) is 12.2 Å². The van der Waals surface area contributed by atoms with Gasteiger partial charge in [0.15, 0.2) is 0 Å². The van der Waals surface area contributed by atoms with E-state index in [-0.39, 0.29) is 11.7 Å². The molecule has 5 heteroatoms. The molecule has 0 unspecified atom stereocenters. The average Bonchev–Trinajstić information content (AvgIpc) is 2.46. The second-order valence-corrected chi connectivity index (χ2v) is 6.00.